The van der Waals surface area contributed by atoms with Crippen molar-refractivity contribution < 1.29 is 31.5 Å². The number of fused-ring (bicyclic) bond motifs is 2. The Hall–Kier alpha value is -3.73. The second kappa shape index (κ2) is 8.19. The first-order chi connectivity index (χ1) is 16.5. The second-order valence-electron chi connectivity index (χ2n) is 8.45. The number of hydrogen-bond acceptors (Lipinski definition) is 4. The number of H-pyrrole nitrogens is 1. The van der Waals surface area contributed by atoms with Gasteiger partial charge in [-0.25, -0.2) is 8.42 Å². The van der Waals surface area contributed by atoms with Crippen LogP contribution in [0.15, 0.2) is 47.4 Å². The number of anilines is 2. The van der Waals surface area contributed by atoms with Crippen molar-refractivity contribution in [1.29, 1.82) is 0 Å². The van der Waals surface area contributed by atoms with E-state index in [-0.39, 0.29) is 21.9 Å². The predicted molar refractivity (Wildman–Crippen MR) is 124 cm³/mol. The number of carbonyl (C=O) groups excluding carboxylic acids is 1. The first-order valence-electron chi connectivity index (χ1n) is 10.8. The van der Waals surface area contributed by atoms with Crippen LogP contribution in [0.3, 0.4) is 0 Å². The summed E-state index contributed by atoms with van der Waals surface area (Å²) in [6, 6.07) is 7.67. The fourth-order valence-electron chi connectivity index (χ4n) is 4.36. The van der Waals surface area contributed by atoms with Crippen molar-refractivity contribution in [1.82, 2.24) is 4.98 Å². The van der Waals surface area contributed by atoms with Crippen LogP contribution in [-0.4, -0.2) is 24.4 Å². The number of alkyl halides is 3. The van der Waals surface area contributed by atoms with Gasteiger partial charge in [0.05, 0.1) is 21.7 Å². The number of rotatable bonds is 4. The lowest BCUT2D eigenvalue weighted by Gasteiger charge is -2.11. The molecular weight excluding hydrogens is 483 g/mol. The summed E-state index contributed by atoms with van der Waals surface area (Å²) in [5.41, 5.74) is 2.13. The molecule has 0 unspecified atom stereocenters. The molecule has 1 aliphatic carbocycles. The molecule has 2 heterocycles. The Morgan fingerprint density at radius 1 is 1.03 bits per heavy atom. The summed E-state index contributed by atoms with van der Waals surface area (Å²) < 4.78 is 66.4. The molecule has 4 N–H and O–H groups in total. The molecule has 1 amide bonds. The Kier molecular flexibility index (Phi) is 5.39. The molecule has 182 valence electrons. The van der Waals surface area contributed by atoms with Crippen LogP contribution in [0.25, 0.3) is 11.6 Å². The van der Waals surface area contributed by atoms with Crippen molar-refractivity contribution in [2.75, 3.05) is 10.0 Å². The number of sulfonamides is 1. The average molecular weight is 504 g/mol. The van der Waals surface area contributed by atoms with Crippen LogP contribution in [0.4, 0.5) is 24.5 Å². The molecular formula is C24H20F3N3O4S. The maximum Gasteiger partial charge on any atom is 0.416 e. The van der Waals surface area contributed by atoms with Crippen molar-refractivity contribution in [3.63, 3.8) is 0 Å². The summed E-state index contributed by atoms with van der Waals surface area (Å²) >= 11 is 0. The monoisotopic (exact) mass is 503 g/mol. The van der Waals surface area contributed by atoms with E-state index in [2.05, 4.69) is 15.0 Å². The maximum absolute atomic E-state index is 12.9. The van der Waals surface area contributed by atoms with E-state index < -0.39 is 27.7 Å². The van der Waals surface area contributed by atoms with Gasteiger partial charge in [-0.05, 0) is 74.2 Å². The number of amides is 1. The van der Waals surface area contributed by atoms with Gasteiger partial charge in [0.2, 0.25) is 0 Å². The molecule has 0 bridgehead atoms. The molecule has 1 aromatic heterocycles. The van der Waals surface area contributed by atoms with Crippen LogP contribution in [-0.2, 0) is 33.8 Å². The Bertz CT molecular complexity index is 1470. The van der Waals surface area contributed by atoms with E-state index in [1.807, 2.05) is 0 Å². The zero-order chi connectivity index (χ0) is 25.0. The summed E-state index contributed by atoms with van der Waals surface area (Å²) in [6.07, 6.45) is 0.458. The van der Waals surface area contributed by atoms with Gasteiger partial charge >= 0.3 is 6.18 Å². The minimum Gasteiger partial charge on any atom is -0.505 e. The van der Waals surface area contributed by atoms with Crippen molar-refractivity contribution in [3.8, 4) is 5.75 Å². The van der Waals surface area contributed by atoms with Crippen molar-refractivity contribution in [2.45, 2.75) is 36.8 Å². The van der Waals surface area contributed by atoms with Crippen molar-refractivity contribution in [2.24, 2.45) is 0 Å². The third-order valence-electron chi connectivity index (χ3n) is 6.13. The zero-order valence-electron chi connectivity index (χ0n) is 18.2. The van der Waals surface area contributed by atoms with Gasteiger partial charge in [-0.15, -0.1) is 0 Å². The van der Waals surface area contributed by atoms with E-state index >= 15 is 0 Å². The number of halogens is 3. The number of hydrogen-bond donors (Lipinski definition) is 4. The molecule has 0 saturated carbocycles. The molecule has 3 aromatic rings. The van der Waals surface area contributed by atoms with Crippen LogP contribution >= 0.6 is 0 Å². The normalized spacial score (nSPS) is 16.7. The molecule has 2 aromatic carbocycles. The third kappa shape index (κ3) is 4.27. The molecule has 0 fully saturated rings. The van der Waals surface area contributed by atoms with Gasteiger partial charge in [0.1, 0.15) is 5.75 Å². The summed E-state index contributed by atoms with van der Waals surface area (Å²) in [5.74, 6) is -0.363. The zero-order valence-corrected chi connectivity index (χ0v) is 19.0. The summed E-state index contributed by atoms with van der Waals surface area (Å²) in [7, 11) is -4.16. The highest BCUT2D eigenvalue weighted by Crippen LogP contribution is 2.39. The van der Waals surface area contributed by atoms with Gasteiger partial charge in [0.15, 0.2) is 0 Å². The molecule has 0 atom stereocenters. The Morgan fingerprint density at radius 3 is 2.43 bits per heavy atom. The number of carbonyl (C=O) groups is 1. The minimum atomic E-state index is -4.54. The van der Waals surface area contributed by atoms with E-state index in [1.54, 1.807) is 0 Å². The van der Waals surface area contributed by atoms with Crippen molar-refractivity contribution in [3.05, 3.63) is 70.5 Å². The van der Waals surface area contributed by atoms with Crippen molar-refractivity contribution >= 4 is 39.0 Å². The van der Waals surface area contributed by atoms with Gasteiger partial charge < -0.3 is 15.4 Å². The van der Waals surface area contributed by atoms with Gasteiger partial charge in [0.25, 0.3) is 15.9 Å². The number of aryl methyl sites for hydroxylation is 1. The van der Waals surface area contributed by atoms with Gasteiger partial charge in [-0.2, -0.15) is 13.2 Å². The maximum atomic E-state index is 12.9. The van der Waals surface area contributed by atoms with Crippen LogP contribution in [0.2, 0.25) is 0 Å². The number of benzene rings is 2. The summed E-state index contributed by atoms with van der Waals surface area (Å²) in [5, 5.41) is 13.3. The fraction of sp³-hybridized carbons (Fsp3) is 0.208. The molecule has 11 heteroatoms. The standard InChI is InChI=1S/C24H20F3N3O4S/c25-24(26,27)13-5-7-14(8-6-13)30-35(33,34)15-9-10-20-17(11-15)18(23(32)29-20)12-21-22(31)16-3-1-2-4-19(16)28-21/h5-12,28,30-31H,1-4H2,(H,29,32). The van der Waals surface area contributed by atoms with E-state index in [1.165, 1.54) is 24.3 Å². The Balaban J connectivity index is 1.47. The Morgan fingerprint density at radius 2 is 1.74 bits per heavy atom. The highest BCUT2D eigenvalue weighted by atomic mass is 32.2. The topological polar surface area (TPSA) is 111 Å². The molecule has 1 aliphatic heterocycles. The molecule has 7 nitrogen and oxygen atoms in total. The van der Waals surface area contributed by atoms with E-state index in [9.17, 15) is 31.5 Å². The molecule has 35 heavy (non-hydrogen) atoms. The second-order valence-corrected chi connectivity index (χ2v) is 10.1. The SMILES string of the molecule is O=C1Nc2ccc(S(=O)(=O)Nc3ccc(C(F)(F)F)cc3)cc2C1=Cc1[nH]c2c(c1O)CCCC2. The number of nitrogens with one attached hydrogen (secondary N) is 3. The van der Waals surface area contributed by atoms with Crippen LogP contribution in [0.1, 0.15) is 40.9 Å². The molecule has 0 spiro atoms. The summed E-state index contributed by atoms with van der Waals surface area (Å²) in [4.78, 5) is 15.6. The lowest BCUT2D eigenvalue weighted by molar-refractivity contribution is -0.137. The fourth-order valence-corrected chi connectivity index (χ4v) is 5.44. The highest BCUT2D eigenvalue weighted by Gasteiger charge is 2.31. The minimum absolute atomic E-state index is 0.0367. The van der Waals surface area contributed by atoms with Crippen LogP contribution in [0.5, 0.6) is 5.75 Å². The highest BCUT2D eigenvalue weighted by molar-refractivity contribution is 7.92. The lowest BCUT2D eigenvalue weighted by Crippen LogP contribution is -2.13. The lowest BCUT2D eigenvalue weighted by atomic mass is 9.97. The van der Waals surface area contributed by atoms with Crippen LogP contribution in [0, 0.1) is 0 Å². The summed E-state index contributed by atoms with van der Waals surface area (Å²) in [6.45, 7) is 0. The third-order valence-corrected chi connectivity index (χ3v) is 7.51. The van der Waals surface area contributed by atoms with Gasteiger partial charge in [0, 0.05) is 28.2 Å². The largest absolute Gasteiger partial charge is 0.505 e. The first kappa shape index (κ1) is 23.0. The number of aromatic hydroxyl groups is 1. The predicted octanol–water partition coefficient (Wildman–Crippen LogP) is 4.91. The smallest absolute Gasteiger partial charge is 0.416 e. The van der Waals surface area contributed by atoms with Crippen LogP contribution < -0.4 is 10.0 Å². The quantitative estimate of drug-likeness (QED) is 0.379. The molecule has 5 rings (SSSR count). The van der Waals surface area contributed by atoms with E-state index in [0.717, 1.165) is 61.2 Å². The van der Waals surface area contributed by atoms with Gasteiger partial charge in [-0.1, -0.05) is 0 Å². The first-order valence-corrected chi connectivity index (χ1v) is 12.3. The Labute approximate surface area is 198 Å². The van der Waals surface area contributed by atoms with E-state index in [0.29, 0.717) is 16.9 Å². The molecule has 0 radical (unpaired) electrons. The van der Waals surface area contributed by atoms with E-state index in [4.69, 9.17) is 0 Å². The molecule has 0 saturated heterocycles. The van der Waals surface area contributed by atoms with Gasteiger partial charge in [-0.3, -0.25) is 9.52 Å². The average Bonchev–Trinajstić information content (AvgIpc) is 3.29. The molecule has 2 aliphatic rings. The number of aromatic amines is 1. The number of aromatic nitrogens is 1.